The molecule has 2 aromatic rings. The monoisotopic (exact) mass is 448 g/mol. The molecule has 1 aromatic heterocycles. The summed E-state index contributed by atoms with van der Waals surface area (Å²) >= 11 is 6.22. The average Bonchev–Trinajstić information content (AvgIpc) is 2.92. The van der Waals surface area contributed by atoms with E-state index in [1.54, 1.807) is 6.92 Å². The van der Waals surface area contributed by atoms with Crippen LogP contribution in [0.4, 0.5) is 8.78 Å². The number of carbonyl (C=O) groups is 1. The first-order valence-electron chi connectivity index (χ1n) is 10.5. The van der Waals surface area contributed by atoms with Crippen molar-refractivity contribution in [1.29, 1.82) is 0 Å². The van der Waals surface area contributed by atoms with Crippen LogP contribution in [0.1, 0.15) is 54.1 Å². The Morgan fingerprint density at radius 1 is 1.19 bits per heavy atom. The van der Waals surface area contributed by atoms with Gasteiger partial charge in [0.05, 0.1) is 12.3 Å². The zero-order valence-corrected chi connectivity index (χ0v) is 18.6. The Morgan fingerprint density at radius 2 is 1.94 bits per heavy atom. The standard InChI is InChI=1S/C21H21ClF2N2.C3H6O2/c1-26-10-7-13(8-11-26)19-16-5-3-15(22)12-14(16)2-4-17-18(21(23)24)6-9-25-20(17)19;1-2-5-3-4/h3,5-6,9,12,21H,2,4,7-8,10-11H2,1H3;3H,2H2,1H3. The van der Waals surface area contributed by atoms with Gasteiger partial charge < -0.3 is 9.64 Å². The van der Waals surface area contributed by atoms with Gasteiger partial charge in [-0.3, -0.25) is 9.78 Å². The van der Waals surface area contributed by atoms with Gasteiger partial charge in [0.25, 0.3) is 12.9 Å². The molecule has 0 spiro atoms. The SMILES string of the molecule is CCOC=O.CN1CCC(=C2c3ccc(Cl)cc3CCc3c(C(F)F)ccnc32)CC1. The van der Waals surface area contributed by atoms with E-state index in [0.717, 1.165) is 48.3 Å². The van der Waals surface area contributed by atoms with Gasteiger partial charge in [-0.05, 0) is 74.5 Å². The second-order valence-corrected chi connectivity index (χ2v) is 8.10. The molecule has 0 bridgehead atoms. The highest BCUT2D eigenvalue weighted by Crippen LogP contribution is 2.40. The van der Waals surface area contributed by atoms with Crippen LogP contribution in [0.15, 0.2) is 36.0 Å². The predicted molar refractivity (Wildman–Crippen MR) is 118 cm³/mol. The topological polar surface area (TPSA) is 42.4 Å². The molecule has 1 fully saturated rings. The zero-order chi connectivity index (χ0) is 22.4. The number of fused-ring (bicyclic) bond motifs is 2. The molecule has 31 heavy (non-hydrogen) atoms. The summed E-state index contributed by atoms with van der Waals surface area (Å²) in [4.78, 5) is 16.1. The van der Waals surface area contributed by atoms with Crippen LogP contribution in [-0.4, -0.2) is 43.1 Å². The lowest BCUT2D eigenvalue weighted by molar-refractivity contribution is -0.128. The molecule has 2 heterocycles. The third-order valence-electron chi connectivity index (χ3n) is 5.72. The number of halogens is 3. The van der Waals surface area contributed by atoms with Crippen LogP contribution in [0, 0.1) is 0 Å². The first-order chi connectivity index (χ1) is 15.0. The number of benzene rings is 1. The van der Waals surface area contributed by atoms with Crippen molar-refractivity contribution in [2.45, 2.75) is 39.0 Å². The molecule has 4 nitrogen and oxygen atoms in total. The summed E-state index contributed by atoms with van der Waals surface area (Å²) < 4.78 is 31.4. The van der Waals surface area contributed by atoms with E-state index in [0.29, 0.717) is 36.5 Å². The van der Waals surface area contributed by atoms with Crippen molar-refractivity contribution in [2.24, 2.45) is 0 Å². The fraction of sp³-hybridized carbons (Fsp3) is 0.417. The number of rotatable bonds is 3. The first kappa shape index (κ1) is 23.4. The number of alkyl halides is 2. The van der Waals surface area contributed by atoms with Crippen molar-refractivity contribution in [3.8, 4) is 0 Å². The summed E-state index contributed by atoms with van der Waals surface area (Å²) in [5.74, 6) is 0. The fourth-order valence-corrected chi connectivity index (χ4v) is 4.35. The molecule has 0 amide bonds. The van der Waals surface area contributed by atoms with Gasteiger partial charge in [-0.15, -0.1) is 0 Å². The molecular formula is C24H27ClF2N2O2. The number of carbonyl (C=O) groups excluding carboxylic acids is 1. The molecule has 0 radical (unpaired) electrons. The van der Waals surface area contributed by atoms with Gasteiger partial charge in [-0.25, -0.2) is 8.78 Å². The number of nitrogens with zero attached hydrogens (tertiary/aromatic N) is 2. The summed E-state index contributed by atoms with van der Waals surface area (Å²) in [6.45, 7) is 4.62. The maximum Gasteiger partial charge on any atom is 0.293 e. The van der Waals surface area contributed by atoms with Crippen LogP contribution in [0.2, 0.25) is 5.02 Å². The normalized spacial score (nSPS) is 16.1. The Labute approximate surface area is 186 Å². The Bertz CT molecular complexity index is 953. The first-order valence-corrected chi connectivity index (χ1v) is 10.8. The van der Waals surface area contributed by atoms with Crippen LogP contribution < -0.4 is 0 Å². The third-order valence-corrected chi connectivity index (χ3v) is 5.96. The molecule has 0 unspecified atom stereocenters. The van der Waals surface area contributed by atoms with Crippen molar-refractivity contribution >= 4 is 23.6 Å². The Morgan fingerprint density at radius 3 is 2.55 bits per heavy atom. The molecule has 166 valence electrons. The minimum absolute atomic E-state index is 0.111. The number of likely N-dealkylation sites (tertiary alicyclic amines) is 1. The summed E-state index contributed by atoms with van der Waals surface area (Å²) in [6.07, 6.45) is 2.18. The van der Waals surface area contributed by atoms with Gasteiger partial charge in [0.2, 0.25) is 0 Å². The van der Waals surface area contributed by atoms with E-state index < -0.39 is 6.43 Å². The molecule has 4 rings (SSSR count). The number of aryl methyl sites for hydroxylation is 1. The number of piperidine rings is 1. The van der Waals surface area contributed by atoms with E-state index in [9.17, 15) is 13.6 Å². The molecular weight excluding hydrogens is 422 g/mol. The molecule has 1 aliphatic carbocycles. The smallest absolute Gasteiger partial charge is 0.293 e. The average molecular weight is 449 g/mol. The highest BCUT2D eigenvalue weighted by atomic mass is 35.5. The molecule has 1 saturated heterocycles. The van der Waals surface area contributed by atoms with E-state index in [-0.39, 0.29) is 5.56 Å². The Hall–Kier alpha value is -2.31. The second kappa shape index (κ2) is 10.8. The number of hydrogen-bond donors (Lipinski definition) is 0. The minimum atomic E-state index is -2.49. The van der Waals surface area contributed by atoms with Crippen LogP contribution in [0.3, 0.4) is 0 Å². The van der Waals surface area contributed by atoms with Crippen LogP contribution in [0.5, 0.6) is 0 Å². The van der Waals surface area contributed by atoms with Gasteiger partial charge in [0.15, 0.2) is 0 Å². The Balaban J connectivity index is 0.000000491. The van der Waals surface area contributed by atoms with Gasteiger partial charge in [0.1, 0.15) is 0 Å². The third kappa shape index (κ3) is 5.49. The summed E-state index contributed by atoms with van der Waals surface area (Å²) in [5.41, 5.74) is 6.14. The van der Waals surface area contributed by atoms with E-state index in [4.69, 9.17) is 11.6 Å². The van der Waals surface area contributed by atoms with Crippen molar-refractivity contribution in [3.63, 3.8) is 0 Å². The maximum atomic E-state index is 13.6. The summed E-state index contributed by atoms with van der Waals surface area (Å²) in [7, 11) is 2.11. The van der Waals surface area contributed by atoms with Crippen LogP contribution >= 0.6 is 11.6 Å². The van der Waals surface area contributed by atoms with Crippen LogP contribution in [-0.2, 0) is 22.4 Å². The molecule has 1 aromatic carbocycles. The molecule has 0 N–H and O–H groups in total. The van der Waals surface area contributed by atoms with E-state index in [2.05, 4.69) is 21.7 Å². The van der Waals surface area contributed by atoms with Crippen molar-refractivity contribution < 1.29 is 18.3 Å². The number of aromatic nitrogens is 1. The molecule has 7 heteroatoms. The zero-order valence-electron chi connectivity index (χ0n) is 17.8. The van der Waals surface area contributed by atoms with Gasteiger partial charge in [-0.1, -0.05) is 23.2 Å². The highest BCUT2D eigenvalue weighted by molar-refractivity contribution is 6.30. The minimum Gasteiger partial charge on any atom is -0.468 e. The van der Waals surface area contributed by atoms with Gasteiger partial charge in [-0.2, -0.15) is 0 Å². The molecule has 2 aliphatic rings. The highest BCUT2D eigenvalue weighted by Gasteiger charge is 2.27. The number of ether oxygens (including phenoxy) is 1. The maximum absolute atomic E-state index is 13.6. The van der Waals surface area contributed by atoms with E-state index in [1.807, 2.05) is 18.2 Å². The molecule has 0 atom stereocenters. The molecule has 1 aliphatic heterocycles. The fourth-order valence-electron chi connectivity index (χ4n) is 4.15. The van der Waals surface area contributed by atoms with E-state index >= 15 is 0 Å². The number of pyridine rings is 1. The second-order valence-electron chi connectivity index (χ2n) is 7.66. The summed E-state index contributed by atoms with van der Waals surface area (Å²) in [6, 6.07) is 7.35. The van der Waals surface area contributed by atoms with Gasteiger partial charge in [0, 0.05) is 35.4 Å². The van der Waals surface area contributed by atoms with E-state index in [1.165, 1.54) is 17.8 Å². The van der Waals surface area contributed by atoms with Crippen molar-refractivity contribution in [3.05, 3.63) is 69.0 Å². The lowest BCUT2D eigenvalue weighted by Gasteiger charge is -2.27. The number of hydrogen-bond acceptors (Lipinski definition) is 4. The van der Waals surface area contributed by atoms with Crippen molar-refractivity contribution in [2.75, 3.05) is 26.7 Å². The summed E-state index contributed by atoms with van der Waals surface area (Å²) in [5, 5.41) is 0.685. The Kier molecular flexibility index (Phi) is 8.15. The molecule has 0 saturated carbocycles. The predicted octanol–water partition coefficient (Wildman–Crippen LogP) is 5.48. The lowest BCUT2D eigenvalue weighted by Crippen LogP contribution is -2.27. The van der Waals surface area contributed by atoms with Crippen molar-refractivity contribution in [1.82, 2.24) is 9.88 Å². The quantitative estimate of drug-likeness (QED) is 0.583. The largest absolute Gasteiger partial charge is 0.468 e. The lowest BCUT2D eigenvalue weighted by atomic mass is 9.88. The van der Waals surface area contributed by atoms with Crippen LogP contribution in [0.25, 0.3) is 5.57 Å². The van der Waals surface area contributed by atoms with Gasteiger partial charge >= 0.3 is 0 Å².